The van der Waals surface area contributed by atoms with Crippen LogP contribution in [0.4, 0.5) is 27.5 Å². The van der Waals surface area contributed by atoms with Gasteiger partial charge in [0.15, 0.2) is 11.6 Å². The summed E-state index contributed by atoms with van der Waals surface area (Å²) in [5, 5.41) is 20.4. The molecule has 9 nitrogen and oxygen atoms in total. The number of nitrogens with zero attached hydrogens (tertiary/aromatic N) is 4. The molecule has 4 rings (SSSR count). The van der Waals surface area contributed by atoms with E-state index >= 15 is 0 Å². The number of methoxy groups -OCH3 is 1. The molecular weight excluding hydrogens is 391 g/mol. The molecule has 0 atom stereocenters. The summed E-state index contributed by atoms with van der Waals surface area (Å²) in [6, 6.07) is 11.7. The van der Waals surface area contributed by atoms with Gasteiger partial charge in [0.2, 0.25) is 5.95 Å². The molecule has 0 spiro atoms. The van der Waals surface area contributed by atoms with E-state index in [1.165, 1.54) is 23.9 Å². The summed E-state index contributed by atoms with van der Waals surface area (Å²) in [5.41, 5.74) is 1.82. The van der Waals surface area contributed by atoms with Crippen molar-refractivity contribution in [2.45, 2.75) is 6.54 Å². The van der Waals surface area contributed by atoms with Crippen molar-refractivity contribution in [1.29, 1.82) is 0 Å². The predicted molar refractivity (Wildman–Crippen MR) is 108 cm³/mol. The summed E-state index contributed by atoms with van der Waals surface area (Å²) < 4.78 is 20.3. The molecule has 3 N–H and O–H groups in total. The predicted octanol–water partition coefficient (Wildman–Crippen LogP) is 3.33. The molecule has 0 fully saturated rings. The number of rotatable bonds is 6. The number of hydrogen-bond acceptors (Lipinski definition) is 8. The van der Waals surface area contributed by atoms with Crippen LogP contribution in [0.25, 0.3) is 10.9 Å². The van der Waals surface area contributed by atoms with Crippen LogP contribution in [0.5, 0.6) is 5.75 Å². The average molecular weight is 408 g/mol. The smallest absolute Gasteiger partial charge is 0.327 e. The summed E-state index contributed by atoms with van der Waals surface area (Å²) in [6.07, 6.45) is 2.69. The highest BCUT2D eigenvalue weighted by molar-refractivity contribution is 5.84. The Morgan fingerprint density at radius 1 is 1.17 bits per heavy atom. The second-order valence-electron chi connectivity index (χ2n) is 6.34. The Hall–Kier alpha value is -4.21. The van der Waals surface area contributed by atoms with Crippen molar-refractivity contribution < 1.29 is 19.0 Å². The van der Waals surface area contributed by atoms with Crippen molar-refractivity contribution >= 4 is 40.0 Å². The van der Waals surface area contributed by atoms with Crippen molar-refractivity contribution in [3.8, 4) is 5.75 Å². The van der Waals surface area contributed by atoms with E-state index in [1.807, 2.05) is 6.07 Å². The Morgan fingerprint density at radius 3 is 2.80 bits per heavy atom. The van der Waals surface area contributed by atoms with E-state index in [0.29, 0.717) is 16.9 Å². The van der Waals surface area contributed by atoms with Gasteiger partial charge in [-0.15, -0.1) is 0 Å². The second kappa shape index (κ2) is 8.03. The number of hydrogen-bond donors (Lipinski definition) is 3. The largest absolute Gasteiger partial charge is 0.508 e. The van der Waals surface area contributed by atoms with Crippen LogP contribution in [0, 0.1) is 5.82 Å². The summed E-state index contributed by atoms with van der Waals surface area (Å²) >= 11 is 0. The first-order valence-corrected chi connectivity index (χ1v) is 8.90. The fourth-order valence-electron chi connectivity index (χ4n) is 2.83. The van der Waals surface area contributed by atoms with Gasteiger partial charge in [-0.05, 0) is 30.3 Å². The average Bonchev–Trinajstić information content (AvgIpc) is 3.12. The van der Waals surface area contributed by atoms with Gasteiger partial charge < -0.3 is 20.5 Å². The van der Waals surface area contributed by atoms with E-state index in [4.69, 9.17) is 0 Å². The first-order valence-electron chi connectivity index (χ1n) is 8.90. The van der Waals surface area contributed by atoms with Crippen LogP contribution in [-0.2, 0) is 16.1 Å². The van der Waals surface area contributed by atoms with Crippen molar-refractivity contribution in [2.75, 3.05) is 17.7 Å². The molecule has 0 bridgehead atoms. The normalized spacial score (nSPS) is 10.7. The molecule has 0 saturated carbocycles. The van der Waals surface area contributed by atoms with Gasteiger partial charge in [-0.25, -0.2) is 9.37 Å². The molecule has 152 valence electrons. The molecule has 4 aromatic rings. The maximum atomic E-state index is 14.1. The molecule has 0 radical (unpaired) electrons. The number of carbonyl (C=O) groups is 1. The van der Waals surface area contributed by atoms with Crippen LogP contribution >= 0.6 is 0 Å². The van der Waals surface area contributed by atoms with Crippen molar-refractivity contribution in [1.82, 2.24) is 19.7 Å². The lowest BCUT2D eigenvalue weighted by molar-refractivity contribution is -0.141. The molecule has 0 unspecified atom stereocenters. The van der Waals surface area contributed by atoms with Crippen LogP contribution in [0.15, 0.2) is 54.9 Å². The molecule has 0 aliphatic carbocycles. The Balaban J connectivity index is 1.58. The molecule has 0 aliphatic rings. The van der Waals surface area contributed by atoms with Gasteiger partial charge in [-0.1, -0.05) is 6.07 Å². The third-order valence-electron chi connectivity index (χ3n) is 4.26. The first-order chi connectivity index (χ1) is 14.5. The number of aromatic nitrogens is 4. The zero-order valence-corrected chi connectivity index (χ0v) is 15.8. The Labute approximate surface area is 170 Å². The number of ether oxygens (including phenoxy) is 1. The van der Waals surface area contributed by atoms with E-state index in [-0.39, 0.29) is 24.1 Å². The number of phenolic OH excluding ortho intramolecular Hbond substituents is 1. The topological polar surface area (TPSA) is 114 Å². The number of anilines is 4. The maximum absolute atomic E-state index is 14.1. The minimum absolute atomic E-state index is 0.0194. The number of aromatic hydroxyl groups is 1. The first kappa shape index (κ1) is 19.1. The molecule has 2 heterocycles. The summed E-state index contributed by atoms with van der Waals surface area (Å²) in [4.78, 5) is 19.7. The van der Waals surface area contributed by atoms with Crippen LogP contribution in [0.2, 0.25) is 0 Å². The van der Waals surface area contributed by atoms with Gasteiger partial charge in [-0.2, -0.15) is 10.1 Å². The summed E-state index contributed by atoms with van der Waals surface area (Å²) in [5.74, 6) is -0.893. The Kier molecular flexibility index (Phi) is 5.12. The zero-order chi connectivity index (χ0) is 21.1. The van der Waals surface area contributed by atoms with Gasteiger partial charge >= 0.3 is 5.97 Å². The monoisotopic (exact) mass is 408 g/mol. The van der Waals surface area contributed by atoms with Gasteiger partial charge in [0.05, 0.1) is 25.0 Å². The summed E-state index contributed by atoms with van der Waals surface area (Å²) in [6.45, 7) is -0.0194. The molecule has 0 amide bonds. The number of nitrogens with one attached hydrogen (secondary N) is 2. The van der Waals surface area contributed by atoms with Crippen LogP contribution in [-0.4, -0.2) is 37.9 Å². The Bertz CT molecular complexity index is 1230. The fourth-order valence-corrected chi connectivity index (χ4v) is 2.83. The second-order valence-corrected chi connectivity index (χ2v) is 6.34. The minimum atomic E-state index is -0.643. The van der Waals surface area contributed by atoms with Crippen LogP contribution in [0.3, 0.4) is 0 Å². The lowest BCUT2D eigenvalue weighted by Gasteiger charge is -2.10. The highest BCUT2D eigenvalue weighted by Gasteiger charge is 2.11. The zero-order valence-electron chi connectivity index (χ0n) is 15.8. The number of halogens is 1. The number of benzene rings is 2. The lowest BCUT2D eigenvalue weighted by Crippen LogP contribution is -2.12. The number of carbonyl (C=O) groups excluding carboxylic acids is 1. The third kappa shape index (κ3) is 4.12. The SMILES string of the molecule is COC(=O)Cn1ncc2ccc(Nc3ncc(F)c(Nc4cccc(O)c4)n3)cc21. The molecule has 2 aromatic carbocycles. The molecule has 2 aromatic heterocycles. The van der Waals surface area contributed by atoms with Gasteiger partial charge in [0, 0.05) is 22.8 Å². The number of esters is 1. The molecule has 0 saturated heterocycles. The van der Waals surface area contributed by atoms with Gasteiger partial charge in [0.1, 0.15) is 12.3 Å². The van der Waals surface area contributed by atoms with E-state index in [0.717, 1.165) is 11.6 Å². The third-order valence-corrected chi connectivity index (χ3v) is 4.26. The Morgan fingerprint density at radius 2 is 2.00 bits per heavy atom. The van der Waals surface area contributed by atoms with E-state index in [9.17, 15) is 14.3 Å². The van der Waals surface area contributed by atoms with E-state index in [2.05, 4.69) is 30.4 Å². The highest BCUT2D eigenvalue weighted by atomic mass is 19.1. The summed E-state index contributed by atoms with van der Waals surface area (Å²) in [7, 11) is 1.31. The van der Waals surface area contributed by atoms with Crippen molar-refractivity contribution in [3.63, 3.8) is 0 Å². The maximum Gasteiger partial charge on any atom is 0.327 e. The van der Waals surface area contributed by atoms with Gasteiger partial charge in [-0.3, -0.25) is 9.48 Å². The molecule has 30 heavy (non-hydrogen) atoms. The number of phenols is 1. The highest BCUT2D eigenvalue weighted by Crippen LogP contribution is 2.24. The molecular formula is C20H17FN6O3. The molecule has 0 aliphatic heterocycles. The fraction of sp³-hybridized carbons (Fsp3) is 0.100. The molecule has 10 heteroatoms. The van der Waals surface area contributed by atoms with E-state index in [1.54, 1.807) is 30.5 Å². The van der Waals surface area contributed by atoms with E-state index < -0.39 is 11.8 Å². The quantitative estimate of drug-likeness (QED) is 0.416. The minimum Gasteiger partial charge on any atom is -0.508 e. The van der Waals surface area contributed by atoms with Crippen molar-refractivity contribution in [2.24, 2.45) is 0 Å². The standard InChI is InChI=1S/C20H17FN6O3/c1-30-18(29)11-27-17-8-14(6-5-12(17)9-23-27)25-20-22-10-16(21)19(26-20)24-13-3-2-4-15(28)7-13/h2-10,28H,11H2,1H3,(H2,22,24,25,26). The van der Waals surface area contributed by atoms with Crippen LogP contribution < -0.4 is 10.6 Å². The van der Waals surface area contributed by atoms with Gasteiger partial charge in [0.25, 0.3) is 0 Å². The van der Waals surface area contributed by atoms with Crippen LogP contribution in [0.1, 0.15) is 0 Å². The lowest BCUT2D eigenvalue weighted by atomic mass is 10.2. The number of fused-ring (bicyclic) bond motifs is 1. The van der Waals surface area contributed by atoms with Crippen molar-refractivity contribution in [3.05, 3.63) is 60.7 Å².